The first-order valence-corrected chi connectivity index (χ1v) is 4.76. The van der Waals surface area contributed by atoms with Crippen LogP contribution in [0.15, 0.2) is 40.6 Å². The quantitative estimate of drug-likeness (QED) is 0.621. The monoisotopic (exact) mass is 214 g/mol. The largest absolute Gasteiger partial charge is 0.478 e. The molecule has 0 saturated carbocycles. The summed E-state index contributed by atoms with van der Waals surface area (Å²) < 4.78 is 0. The Balaban J connectivity index is 2.64. The minimum Gasteiger partial charge on any atom is -0.478 e. The predicted molar refractivity (Wildman–Crippen MR) is 54.1 cm³/mol. The van der Waals surface area contributed by atoms with Gasteiger partial charge in [0.1, 0.15) is 0 Å². The summed E-state index contributed by atoms with van der Waals surface area (Å²) in [6.07, 6.45) is 1.08. The zero-order chi connectivity index (χ0) is 9.68. The molecule has 0 aliphatic rings. The van der Waals surface area contributed by atoms with Crippen LogP contribution >= 0.6 is 23.4 Å². The van der Waals surface area contributed by atoms with Crippen molar-refractivity contribution < 1.29 is 9.90 Å². The van der Waals surface area contributed by atoms with E-state index in [1.54, 1.807) is 6.07 Å². The summed E-state index contributed by atoms with van der Waals surface area (Å²) in [5.74, 6) is -0.959. The van der Waals surface area contributed by atoms with Gasteiger partial charge in [0.15, 0.2) is 0 Å². The highest BCUT2D eigenvalue weighted by Gasteiger charge is 1.96. The van der Waals surface area contributed by atoms with Crippen LogP contribution in [0.4, 0.5) is 0 Å². The summed E-state index contributed by atoms with van der Waals surface area (Å²) in [6.45, 7) is 0. The van der Waals surface area contributed by atoms with Crippen molar-refractivity contribution in [3.05, 3.63) is 40.8 Å². The summed E-state index contributed by atoms with van der Waals surface area (Å²) in [5, 5.41) is 10.4. The van der Waals surface area contributed by atoms with Crippen molar-refractivity contribution in [1.29, 1.82) is 0 Å². The molecule has 0 aromatic heterocycles. The average Bonchev–Trinajstić information content (AvgIpc) is 2.08. The zero-order valence-electron chi connectivity index (χ0n) is 6.61. The fourth-order valence-corrected chi connectivity index (χ4v) is 1.64. The minimum absolute atomic E-state index is 0.627. The van der Waals surface area contributed by atoms with Gasteiger partial charge in [-0.25, -0.2) is 4.79 Å². The molecular weight excluding hydrogens is 208 g/mol. The van der Waals surface area contributed by atoms with Gasteiger partial charge in [0.05, 0.1) is 5.02 Å². The molecule has 0 heterocycles. The molecule has 1 aromatic carbocycles. The van der Waals surface area contributed by atoms with Crippen LogP contribution in [0.5, 0.6) is 0 Å². The molecule has 1 aromatic rings. The SMILES string of the molecule is O=C(O)C=CSc1ccccc1Cl. The molecule has 13 heavy (non-hydrogen) atoms. The van der Waals surface area contributed by atoms with Crippen LogP contribution in [-0.2, 0) is 4.79 Å². The Kier molecular flexibility index (Phi) is 3.86. The molecule has 0 fully saturated rings. The van der Waals surface area contributed by atoms with Crippen molar-refractivity contribution in [2.45, 2.75) is 4.90 Å². The third-order valence-corrected chi connectivity index (χ3v) is 2.57. The number of halogens is 1. The molecule has 0 spiro atoms. The van der Waals surface area contributed by atoms with Crippen LogP contribution in [0.2, 0.25) is 5.02 Å². The second-order valence-corrected chi connectivity index (χ2v) is 3.54. The first-order chi connectivity index (χ1) is 6.20. The third kappa shape index (κ3) is 3.53. The van der Waals surface area contributed by atoms with Gasteiger partial charge in [-0.15, -0.1) is 0 Å². The van der Waals surface area contributed by atoms with Crippen LogP contribution in [0, 0.1) is 0 Å². The van der Waals surface area contributed by atoms with E-state index in [4.69, 9.17) is 16.7 Å². The molecule has 2 nitrogen and oxygen atoms in total. The molecule has 1 rings (SSSR count). The zero-order valence-corrected chi connectivity index (χ0v) is 8.18. The van der Waals surface area contributed by atoms with Gasteiger partial charge >= 0.3 is 5.97 Å². The van der Waals surface area contributed by atoms with Gasteiger partial charge in [-0.1, -0.05) is 35.5 Å². The highest BCUT2D eigenvalue weighted by Crippen LogP contribution is 2.26. The van der Waals surface area contributed by atoms with Crippen molar-refractivity contribution in [3.63, 3.8) is 0 Å². The molecule has 0 aliphatic carbocycles. The molecule has 0 saturated heterocycles. The van der Waals surface area contributed by atoms with Gasteiger partial charge in [0.25, 0.3) is 0 Å². The van der Waals surface area contributed by atoms with E-state index in [2.05, 4.69) is 0 Å². The Morgan fingerprint density at radius 1 is 1.46 bits per heavy atom. The summed E-state index contributed by atoms with van der Waals surface area (Å²) in [4.78, 5) is 11.0. The number of carboxylic acids is 1. The Bertz CT molecular complexity index is 336. The van der Waals surface area contributed by atoms with E-state index in [1.165, 1.54) is 17.2 Å². The van der Waals surface area contributed by atoms with E-state index < -0.39 is 5.97 Å². The fraction of sp³-hybridized carbons (Fsp3) is 0. The maximum Gasteiger partial charge on any atom is 0.328 e. The van der Waals surface area contributed by atoms with E-state index in [0.29, 0.717) is 5.02 Å². The second-order valence-electron chi connectivity index (χ2n) is 2.19. The molecule has 0 atom stereocenters. The number of hydrogen-bond acceptors (Lipinski definition) is 2. The summed E-state index contributed by atoms with van der Waals surface area (Å²) >= 11 is 7.12. The van der Waals surface area contributed by atoms with Crippen molar-refractivity contribution in [1.82, 2.24) is 0 Å². The normalized spacial score (nSPS) is 10.5. The number of carbonyl (C=O) groups is 1. The molecule has 0 radical (unpaired) electrons. The van der Waals surface area contributed by atoms with Crippen LogP contribution in [0.25, 0.3) is 0 Å². The highest BCUT2D eigenvalue weighted by molar-refractivity contribution is 8.02. The fourth-order valence-electron chi connectivity index (χ4n) is 0.706. The Labute approximate surface area is 85.2 Å². The van der Waals surface area contributed by atoms with Crippen LogP contribution in [0.1, 0.15) is 0 Å². The Morgan fingerprint density at radius 3 is 2.77 bits per heavy atom. The van der Waals surface area contributed by atoms with Crippen molar-refractivity contribution in [3.8, 4) is 0 Å². The smallest absolute Gasteiger partial charge is 0.328 e. The van der Waals surface area contributed by atoms with E-state index in [1.807, 2.05) is 18.2 Å². The number of carboxylic acid groups (broad SMARTS) is 1. The topological polar surface area (TPSA) is 37.3 Å². The van der Waals surface area contributed by atoms with Crippen LogP contribution < -0.4 is 0 Å². The van der Waals surface area contributed by atoms with E-state index in [0.717, 1.165) is 11.0 Å². The summed E-state index contributed by atoms with van der Waals surface area (Å²) in [7, 11) is 0. The summed E-state index contributed by atoms with van der Waals surface area (Å²) in [5.41, 5.74) is 0. The lowest BCUT2D eigenvalue weighted by atomic mass is 10.4. The molecule has 0 amide bonds. The number of aliphatic carboxylic acids is 1. The molecule has 1 N–H and O–H groups in total. The van der Waals surface area contributed by atoms with E-state index in [-0.39, 0.29) is 0 Å². The first kappa shape index (κ1) is 10.2. The van der Waals surface area contributed by atoms with E-state index >= 15 is 0 Å². The Hall–Kier alpha value is -0.930. The minimum atomic E-state index is -0.959. The van der Waals surface area contributed by atoms with Gasteiger partial charge < -0.3 is 5.11 Å². The highest BCUT2D eigenvalue weighted by atomic mass is 35.5. The van der Waals surface area contributed by atoms with Crippen LogP contribution in [-0.4, -0.2) is 11.1 Å². The maximum absolute atomic E-state index is 10.1. The molecule has 0 bridgehead atoms. The van der Waals surface area contributed by atoms with Crippen molar-refractivity contribution in [2.24, 2.45) is 0 Å². The Morgan fingerprint density at radius 2 is 2.15 bits per heavy atom. The lowest BCUT2D eigenvalue weighted by molar-refractivity contribution is -0.131. The van der Waals surface area contributed by atoms with Gasteiger partial charge in [0, 0.05) is 11.0 Å². The van der Waals surface area contributed by atoms with Crippen LogP contribution in [0.3, 0.4) is 0 Å². The predicted octanol–water partition coefficient (Wildman–Crippen LogP) is 3.03. The lowest BCUT2D eigenvalue weighted by Gasteiger charge is -1.97. The lowest BCUT2D eigenvalue weighted by Crippen LogP contribution is -1.84. The number of benzene rings is 1. The van der Waals surface area contributed by atoms with Gasteiger partial charge in [-0.3, -0.25) is 0 Å². The first-order valence-electron chi connectivity index (χ1n) is 3.51. The third-order valence-electron chi connectivity index (χ3n) is 1.24. The van der Waals surface area contributed by atoms with Crippen molar-refractivity contribution >= 4 is 29.3 Å². The van der Waals surface area contributed by atoms with Gasteiger partial charge in [0.2, 0.25) is 0 Å². The maximum atomic E-state index is 10.1. The van der Waals surface area contributed by atoms with Gasteiger partial charge in [-0.2, -0.15) is 0 Å². The number of thioether (sulfide) groups is 1. The van der Waals surface area contributed by atoms with Crippen molar-refractivity contribution in [2.75, 3.05) is 0 Å². The average molecular weight is 215 g/mol. The standard InChI is InChI=1S/C9H7ClO2S/c10-7-3-1-2-4-8(7)13-6-5-9(11)12/h1-6H,(H,11,12). The number of hydrogen-bond donors (Lipinski definition) is 1. The molecule has 0 unspecified atom stereocenters. The second kappa shape index (κ2) is 4.94. The molecule has 0 aliphatic heterocycles. The molecular formula is C9H7ClO2S. The number of rotatable bonds is 3. The van der Waals surface area contributed by atoms with E-state index in [9.17, 15) is 4.79 Å². The molecule has 4 heteroatoms. The summed E-state index contributed by atoms with van der Waals surface area (Å²) in [6, 6.07) is 7.27. The molecule has 68 valence electrons. The van der Waals surface area contributed by atoms with Gasteiger partial charge in [-0.05, 0) is 17.5 Å².